The highest BCUT2D eigenvalue weighted by atomic mass is 19.2. The van der Waals surface area contributed by atoms with E-state index < -0.39 is 67.5 Å². The minimum absolute atomic E-state index is 0.0122. The predicted molar refractivity (Wildman–Crippen MR) is 231 cm³/mol. The monoisotopic (exact) mass is 894 g/mol. The first-order valence-electron chi connectivity index (χ1n) is 21.1. The summed E-state index contributed by atoms with van der Waals surface area (Å²) in [6.45, 7) is -0.663. The molecule has 1 aromatic heterocycles. The Morgan fingerprint density at radius 1 is 0.969 bits per heavy atom. The number of carboxylic acids is 1. The summed E-state index contributed by atoms with van der Waals surface area (Å²) < 4.78 is 58.0. The number of carboxylic acid groups (broad SMARTS) is 1. The van der Waals surface area contributed by atoms with Crippen molar-refractivity contribution < 1.29 is 66.9 Å². The lowest BCUT2D eigenvalue weighted by Gasteiger charge is -2.48. The zero-order valence-corrected chi connectivity index (χ0v) is 35.2. The van der Waals surface area contributed by atoms with E-state index in [4.69, 9.17) is 9.47 Å². The number of halogens is 3. The van der Waals surface area contributed by atoms with Crippen LogP contribution >= 0.6 is 0 Å². The van der Waals surface area contributed by atoms with Gasteiger partial charge in [-0.3, -0.25) is 9.59 Å². The highest BCUT2D eigenvalue weighted by molar-refractivity contribution is 6.58. The number of nitrogens with one attached hydrogen (secondary N) is 1. The molecule has 4 aliphatic rings. The molecule has 0 bridgehead atoms. The zero-order valence-electron chi connectivity index (χ0n) is 35.2. The highest BCUT2D eigenvalue weighted by Gasteiger charge is 2.53. The van der Waals surface area contributed by atoms with Crippen molar-refractivity contribution in [3.8, 4) is 17.6 Å². The lowest BCUT2D eigenvalue weighted by Crippen LogP contribution is -2.61. The standard InChI is InChI=1S/C47H46BF3N4O10/c1-26-24-27(2)54-37(26)25-34-16-15-33(55(34)48(54,50)51)17-22-39(57)52-23-3-4-28-5-13-32(14-6-28)53-40(36(45(53)61)20-21-38(56)29-7-11-31(49)12-8-29)30-9-18-35(19-10-30)64-47-43(60)41(58)42(59)44(65-47)46(62)63/h5-16,18-19,24-25,36,38,40-44,47,56,58-60H,17,20-23H2,1-2H3,(H,52,57)(H,62,63)/t36-,38+,40?,41+,42+,43-,44+,47-/m1/s1. The van der Waals surface area contributed by atoms with Crippen molar-refractivity contribution in [2.24, 2.45) is 5.92 Å². The van der Waals surface area contributed by atoms with Crippen molar-refractivity contribution in [3.63, 3.8) is 0 Å². The number of hydrogen-bond acceptors (Lipinski definition) is 9. The molecule has 0 spiro atoms. The van der Waals surface area contributed by atoms with E-state index in [0.29, 0.717) is 45.2 Å². The van der Waals surface area contributed by atoms with Crippen LogP contribution < -0.4 is 15.0 Å². The summed E-state index contributed by atoms with van der Waals surface area (Å²) in [5.41, 5.74) is 4.78. The SMILES string of the molecule is Cc1cc(C)n2c1C=C1C=CC(CCC(=O)NCC#Cc3ccc(N4C(=O)[C@H](CC[C@H](O)c5ccc(F)cc5)C4c4ccc(O[C@@H]5O[C@H](C(=O)O)[C@@H](O)[C@H](O)[C@H]5O)cc4)cc3)=[N+]1[B-]2(F)F. The first kappa shape index (κ1) is 45.1. The number of β-lactam (4-membered cyclic amide) rings is 1. The van der Waals surface area contributed by atoms with Crippen LogP contribution in [-0.4, -0.2) is 102 Å². The van der Waals surface area contributed by atoms with Crippen molar-refractivity contribution in [3.05, 3.63) is 136 Å². The van der Waals surface area contributed by atoms with Gasteiger partial charge in [-0.05, 0) is 104 Å². The molecule has 8 rings (SSSR count). The summed E-state index contributed by atoms with van der Waals surface area (Å²) in [6.07, 6.45) is -4.36. The summed E-state index contributed by atoms with van der Waals surface area (Å²) >= 11 is 0. The van der Waals surface area contributed by atoms with Crippen LogP contribution in [-0.2, 0) is 19.1 Å². The minimum Gasteiger partial charge on any atom is -0.479 e. The van der Waals surface area contributed by atoms with E-state index in [1.54, 1.807) is 79.4 Å². The summed E-state index contributed by atoms with van der Waals surface area (Å²) in [4.78, 5) is 39.7. The van der Waals surface area contributed by atoms with Gasteiger partial charge in [0, 0.05) is 48.0 Å². The van der Waals surface area contributed by atoms with Gasteiger partial charge in [0.25, 0.3) is 0 Å². The average molecular weight is 895 g/mol. The highest BCUT2D eigenvalue weighted by Crippen LogP contribution is 2.47. The second-order valence-electron chi connectivity index (χ2n) is 16.5. The van der Waals surface area contributed by atoms with Gasteiger partial charge in [-0.1, -0.05) is 36.1 Å². The van der Waals surface area contributed by atoms with Gasteiger partial charge in [0.2, 0.25) is 18.1 Å². The molecule has 4 aromatic rings. The maximum absolute atomic E-state index is 15.7. The molecule has 338 valence electrons. The number of rotatable bonds is 13. The molecule has 6 N–H and O–H groups in total. The molecule has 0 radical (unpaired) electrons. The maximum atomic E-state index is 15.7. The average Bonchev–Trinajstić information content (AvgIpc) is 3.84. The lowest BCUT2D eigenvalue weighted by molar-refractivity contribution is -0.362. The predicted octanol–water partition coefficient (Wildman–Crippen LogP) is 4.28. The second-order valence-corrected chi connectivity index (χ2v) is 16.5. The third-order valence-electron chi connectivity index (χ3n) is 12.3. The number of allylic oxidation sites excluding steroid dienone is 2. The van der Waals surface area contributed by atoms with Crippen molar-refractivity contribution in [1.82, 2.24) is 9.79 Å². The molecule has 4 aliphatic heterocycles. The fourth-order valence-electron chi connectivity index (χ4n) is 8.94. The van der Waals surface area contributed by atoms with E-state index in [1.165, 1.54) is 36.4 Å². The number of aryl methyl sites for hydroxylation is 2. The maximum Gasteiger partial charge on any atom is 0.737 e. The Labute approximate surface area is 371 Å². The summed E-state index contributed by atoms with van der Waals surface area (Å²) in [5.74, 6) is 2.89. The van der Waals surface area contributed by atoms with Gasteiger partial charge in [-0.2, -0.15) is 0 Å². The molecule has 1 unspecified atom stereocenters. The van der Waals surface area contributed by atoms with Crippen molar-refractivity contribution in [1.29, 1.82) is 0 Å². The van der Waals surface area contributed by atoms with E-state index in [9.17, 15) is 44.3 Å². The van der Waals surface area contributed by atoms with Crippen LogP contribution in [0.4, 0.5) is 18.7 Å². The van der Waals surface area contributed by atoms with Gasteiger partial charge in [0.1, 0.15) is 35.6 Å². The number of aromatic nitrogens is 1. The Hall–Kier alpha value is -6.49. The third kappa shape index (κ3) is 8.85. The van der Waals surface area contributed by atoms with Crippen LogP contribution in [0.1, 0.15) is 71.5 Å². The van der Waals surface area contributed by atoms with Crippen LogP contribution in [0.3, 0.4) is 0 Å². The fraction of sp³-hybridized carbons (Fsp3) is 0.319. The number of nitrogens with zero attached hydrogens (tertiary/aromatic N) is 3. The van der Waals surface area contributed by atoms with E-state index in [1.807, 2.05) is 0 Å². The molecule has 65 heavy (non-hydrogen) atoms. The normalized spacial score (nSPS) is 24.6. The van der Waals surface area contributed by atoms with Gasteiger partial charge in [0.05, 0.1) is 24.6 Å². The summed E-state index contributed by atoms with van der Waals surface area (Å²) in [7, 11) is 0. The van der Waals surface area contributed by atoms with Gasteiger partial charge in [-0.25, -0.2) is 9.18 Å². The Morgan fingerprint density at radius 3 is 2.37 bits per heavy atom. The minimum atomic E-state index is -4.13. The fourth-order valence-corrected chi connectivity index (χ4v) is 8.94. The molecular formula is C47H46BF3N4O10. The van der Waals surface area contributed by atoms with Gasteiger partial charge in [-0.15, -0.1) is 0 Å². The first-order valence-corrected chi connectivity index (χ1v) is 21.1. The van der Waals surface area contributed by atoms with Crippen LogP contribution in [0.15, 0.2) is 96.7 Å². The Kier molecular flexibility index (Phi) is 12.6. The van der Waals surface area contributed by atoms with Gasteiger partial charge >= 0.3 is 12.9 Å². The third-order valence-corrected chi connectivity index (χ3v) is 12.3. The van der Waals surface area contributed by atoms with Crippen molar-refractivity contribution in [2.45, 2.75) is 82.4 Å². The van der Waals surface area contributed by atoms with Gasteiger partial charge < -0.3 is 62.8 Å². The lowest BCUT2D eigenvalue weighted by atomic mass is 9.78. The Bertz CT molecular complexity index is 2660. The van der Waals surface area contributed by atoms with E-state index in [0.717, 1.165) is 14.5 Å². The zero-order chi connectivity index (χ0) is 46.3. The Balaban J connectivity index is 0.913. The molecule has 0 aliphatic carbocycles. The molecule has 5 heterocycles. The molecule has 18 heteroatoms. The van der Waals surface area contributed by atoms with Crippen LogP contribution in [0.25, 0.3) is 6.08 Å². The molecule has 14 nitrogen and oxygen atoms in total. The Morgan fingerprint density at radius 2 is 1.68 bits per heavy atom. The van der Waals surface area contributed by atoms with Crippen LogP contribution in [0.2, 0.25) is 0 Å². The number of carbonyl (C=O) groups is 3. The van der Waals surface area contributed by atoms with Crippen molar-refractivity contribution >= 4 is 42.2 Å². The largest absolute Gasteiger partial charge is 0.737 e. The topological polar surface area (TPSA) is 194 Å². The summed E-state index contributed by atoms with van der Waals surface area (Å²) in [6, 6.07) is 20.0. The molecule has 0 saturated carbocycles. The summed E-state index contributed by atoms with van der Waals surface area (Å²) in [5, 5.41) is 53.7. The molecule has 2 fully saturated rings. The van der Waals surface area contributed by atoms with E-state index >= 15 is 8.63 Å². The number of ether oxygens (including phenoxy) is 2. The smallest absolute Gasteiger partial charge is 0.479 e. The molecule has 2 saturated heterocycles. The van der Waals surface area contributed by atoms with Crippen LogP contribution in [0.5, 0.6) is 5.75 Å². The quantitative estimate of drug-likeness (QED) is 0.0642. The first-order chi connectivity index (χ1) is 31.0. The number of aliphatic carboxylic acids is 1. The number of aliphatic hydroxyl groups is 4. The molecule has 2 amide bonds. The number of aliphatic hydroxyl groups excluding tert-OH is 4. The van der Waals surface area contributed by atoms with E-state index in [-0.39, 0.29) is 49.8 Å². The van der Waals surface area contributed by atoms with Gasteiger partial charge in [0.15, 0.2) is 11.8 Å². The number of hydrogen-bond donors (Lipinski definition) is 6. The molecule has 3 aromatic carbocycles. The number of fused-ring (bicyclic) bond motifs is 2. The van der Waals surface area contributed by atoms with E-state index in [2.05, 4.69) is 17.2 Å². The van der Waals surface area contributed by atoms with Crippen molar-refractivity contribution in [2.75, 3.05) is 11.4 Å². The second kappa shape index (κ2) is 18.2. The molecular weight excluding hydrogens is 848 g/mol. The number of benzene rings is 3. The van der Waals surface area contributed by atoms with Crippen LogP contribution in [0, 0.1) is 37.4 Å². The molecule has 8 atom stereocenters. The number of anilines is 1. The number of carbonyl (C=O) groups excluding carboxylic acids is 2. The number of amides is 2.